The summed E-state index contributed by atoms with van der Waals surface area (Å²) >= 11 is 5.94. The predicted octanol–water partition coefficient (Wildman–Crippen LogP) is 4.17. The molecule has 0 fully saturated rings. The summed E-state index contributed by atoms with van der Waals surface area (Å²) in [6, 6.07) is 3.45. The third kappa shape index (κ3) is 2.34. The van der Waals surface area contributed by atoms with Gasteiger partial charge in [0.15, 0.2) is 0 Å². The quantitative estimate of drug-likeness (QED) is 0.811. The lowest BCUT2D eigenvalue weighted by Crippen LogP contribution is -2.14. The molecule has 0 unspecified atom stereocenters. The van der Waals surface area contributed by atoms with Crippen molar-refractivity contribution in [2.45, 2.75) is 26.2 Å². The molecule has 0 aliphatic carbocycles. The molecule has 4 heteroatoms. The second-order valence-electron chi connectivity index (χ2n) is 5.06. The Morgan fingerprint density at radius 3 is 2.47 bits per heavy atom. The van der Waals surface area contributed by atoms with Crippen LogP contribution in [0.15, 0.2) is 24.5 Å². The van der Waals surface area contributed by atoms with E-state index in [2.05, 4.69) is 10.2 Å². The molecule has 17 heavy (non-hydrogen) atoms. The number of aromatic nitrogens is 2. The first-order valence-electron chi connectivity index (χ1n) is 5.38. The molecule has 2 aromatic rings. The molecule has 0 aliphatic heterocycles. The Balaban J connectivity index is 2.62. The average molecular weight is 253 g/mol. The third-order valence-corrected chi connectivity index (χ3v) is 2.94. The molecule has 1 aromatic carbocycles. The molecule has 1 aromatic heterocycles. The highest BCUT2D eigenvalue weighted by Gasteiger charge is 2.21. The van der Waals surface area contributed by atoms with Gasteiger partial charge in [0, 0.05) is 11.8 Å². The lowest BCUT2D eigenvalue weighted by molar-refractivity contribution is 0.523. The highest BCUT2D eigenvalue weighted by molar-refractivity contribution is 6.31. The molecule has 0 atom stereocenters. The largest absolute Gasteiger partial charge is 0.285 e. The summed E-state index contributed by atoms with van der Waals surface area (Å²) in [7, 11) is 0. The molecular formula is C13H14ClFN2. The van der Waals surface area contributed by atoms with Crippen LogP contribution < -0.4 is 0 Å². The maximum atomic E-state index is 14.0. The van der Waals surface area contributed by atoms with Gasteiger partial charge in [-0.2, -0.15) is 5.10 Å². The van der Waals surface area contributed by atoms with Crippen LogP contribution in [0.5, 0.6) is 0 Å². The lowest BCUT2D eigenvalue weighted by Gasteiger charge is -2.21. The second-order valence-corrected chi connectivity index (χ2v) is 5.46. The van der Waals surface area contributed by atoms with Crippen molar-refractivity contribution in [3.8, 4) is 11.1 Å². The van der Waals surface area contributed by atoms with Crippen molar-refractivity contribution >= 4 is 11.6 Å². The summed E-state index contributed by atoms with van der Waals surface area (Å²) in [6.45, 7) is 5.88. The van der Waals surface area contributed by atoms with Gasteiger partial charge in [0.1, 0.15) is 5.82 Å². The number of nitrogens with zero attached hydrogens (tertiary/aromatic N) is 1. The maximum Gasteiger partial charge on any atom is 0.145 e. The van der Waals surface area contributed by atoms with E-state index in [1.165, 1.54) is 0 Å². The Labute approximate surface area is 105 Å². The molecule has 1 N–H and O–H groups in total. The van der Waals surface area contributed by atoms with Crippen LogP contribution in [0.4, 0.5) is 4.39 Å². The number of rotatable bonds is 1. The normalized spacial score (nSPS) is 11.8. The Bertz CT molecular complexity index is 527. The van der Waals surface area contributed by atoms with Crippen LogP contribution in [0.2, 0.25) is 5.02 Å². The molecule has 2 nitrogen and oxygen atoms in total. The van der Waals surface area contributed by atoms with Crippen molar-refractivity contribution in [3.05, 3.63) is 40.9 Å². The highest BCUT2D eigenvalue weighted by Crippen LogP contribution is 2.33. The number of hydrogen-bond acceptors (Lipinski definition) is 1. The van der Waals surface area contributed by atoms with E-state index < -0.39 is 0 Å². The summed E-state index contributed by atoms with van der Waals surface area (Å²) in [5, 5.41) is 6.76. The van der Waals surface area contributed by atoms with E-state index in [1.54, 1.807) is 18.5 Å². The van der Waals surface area contributed by atoms with Crippen molar-refractivity contribution in [2.24, 2.45) is 0 Å². The molecule has 0 radical (unpaired) electrons. The van der Waals surface area contributed by atoms with Crippen LogP contribution in [0, 0.1) is 5.82 Å². The predicted molar refractivity (Wildman–Crippen MR) is 67.7 cm³/mol. The zero-order chi connectivity index (χ0) is 12.6. The minimum Gasteiger partial charge on any atom is -0.285 e. The monoisotopic (exact) mass is 252 g/mol. The van der Waals surface area contributed by atoms with Crippen molar-refractivity contribution in [3.63, 3.8) is 0 Å². The van der Waals surface area contributed by atoms with Gasteiger partial charge in [0.25, 0.3) is 0 Å². The number of benzene rings is 1. The third-order valence-electron chi connectivity index (χ3n) is 2.67. The van der Waals surface area contributed by atoms with Crippen LogP contribution in [0.3, 0.4) is 0 Å². The van der Waals surface area contributed by atoms with Gasteiger partial charge in [-0.1, -0.05) is 32.4 Å². The fraction of sp³-hybridized carbons (Fsp3) is 0.308. The lowest BCUT2D eigenvalue weighted by atomic mass is 9.85. The number of nitrogens with one attached hydrogen (secondary N) is 1. The first kappa shape index (κ1) is 12.1. The van der Waals surface area contributed by atoms with Gasteiger partial charge < -0.3 is 0 Å². The molecule has 0 saturated heterocycles. The first-order valence-corrected chi connectivity index (χ1v) is 5.76. The fourth-order valence-corrected chi connectivity index (χ4v) is 1.93. The second kappa shape index (κ2) is 4.15. The number of aromatic amines is 1. The van der Waals surface area contributed by atoms with Crippen molar-refractivity contribution in [1.29, 1.82) is 0 Å². The smallest absolute Gasteiger partial charge is 0.145 e. The first-order chi connectivity index (χ1) is 7.89. The van der Waals surface area contributed by atoms with E-state index >= 15 is 0 Å². The van der Waals surface area contributed by atoms with E-state index in [-0.39, 0.29) is 16.3 Å². The van der Waals surface area contributed by atoms with Crippen molar-refractivity contribution in [2.75, 3.05) is 0 Å². The standard InChI is InChI=1S/C13H14ClFN2/c1-13(2,3)10-4-8(5-11(14)12(10)15)9-6-16-17-7-9/h4-7H,1-3H3,(H,16,17). The molecule has 0 saturated carbocycles. The topological polar surface area (TPSA) is 28.7 Å². The Morgan fingerprint density at radius 1 is 1.24 bits per heavy atom. The maximum absolute atomic E-state index is 14.0. The molecular weight excluding hydrogens is 239 g/mol. The minimum absolute atomic E-state index is 0.147. The molecule has 1 heterocycles. The zero-order valence-electron chi connectivity index (χ0n) is 10.0. The van der Waals surface area contributed by atoms with E-state index in [9.17, 15) is 4.39 Å². The molecule has 0 bridgehead atoms. The van der Waals surface area contributed by atoms with Gasteiger partial charge in [-0.3, -0.25) is 5.10 Å². The average Bonchev–Trinajstić information content (AvgIpc) is 2.73. The van der Waals surface area contributed by atoms with Crippen LogP contribution in [-0.4, -0.2) is 10.2 Å². The SMILES string of the molecule is CC(C)(C)c1cc(-c2cn[nH]c2)cc(Cl)c1F. The van der Waals surface area contributed by atoms with Crippen LogP contribution >= 0.6 is 11.6 Å². The number of H-pyrrole nitrogens is 1. The zero-order valence-corrected chi connectivity index (χ0v) is 10.8. The van der Waals surface area contributed by atoms with Gasteiger partial charge in [0.2, 0.25) is 0 Å². The molecule has 0 spiro atoms. The minimum atomic E-state index is -0.341. The van der Waals surface area contributed by atoms with E-state index in [0.29, 0.717) is 5.56 Å². The highest BCUT2D eigenvalue weighted by atomic mass is 35.5. The Kier molecular flexibility index (Phi) is 2.96. The summed E-state index contributed by atoms with van der Waals surface area (Å²) in [4.78, 5) is 0. The van der Waals surface area contributed by atoms with E-state index in [1.807, 2.05) is 26.8 Å². The van der Waals surface area contributed by atoms with Crippen LogP contribution in [0.25, 0.3) is 11.1 Å². The van der Waals surface area contributed by atoms with E-state index in [0.717, 1.165) is 11.1 Å². The van der Waals surface area contributed by atoms with Gasteiger partial charge in [-0.05, 0) is 28.7 Å². The fourth-order valence-electron chi connectivity index (χ4n) is 1.71. The molecule has 0 aliphatic rings. The van der Waals surface area contributed by atoms with E-state index in [4.69, 9.17) is 11.6 Å². The van der Waals surface area contributed by atoms with Gasteiger partial charge >= 0.3 is 0 Å². The van der Waals surface area contributed by atoms with Gasteiger partial charge in [-0.25, -0.2) is 4.39 Å². The summed E-state index contributed by atoms with van der Waals surface area (Å²) in [6.07, 6.45) is 3.45. The molecule has 0 amide bonds. The van der Waals surface area contributed by atoms with Crippen molar-refractivity contribution < 1.29 is 4.39 Å². The van der Waals surface area contributed by atoms with Crippen molar-refractivity contribution in [1.82, 2.24) is 10.2 Å². The summed E-state index contributed by atoms with van der Waals surface area (Å²) in [5.41, 5.74) is 2.10. The number of hydrogen-bond donors (Lipinski definition) is 1. The Hall–Kier alpha value is -1.35. The molecule has 90 valence electrons. The summed E-state index contributed by atoms with van der Waals surface area (Å²) in [5.74, 6) is -0.341. The van der Waals surface area contributed by atoms with Gasteiger partial charge in [0.05, 0.1) is 11.2 Å². The number of halogens is 2. The Morgan fingerprint density at radius 2 is 1.94 bits per heavy atom. The summed E-state index contributed by atoms with van der Waals surface area (Å²) < 4.78 is 14.0. The van der Waals surface area contributed by atoms with Crippen LogP contribution in [0.1, 0.15) is 26.3 Å². The van der Waals surface area contributed by atoms with Crippen LogP contribution in [-0.2, 0) is 5.41 Å². The van der Waals surface area contributed by atoms with Gasteiger partial charge in [-0.15, -0.1) is 0 Å². The molecule has 2 rings (SSSR count).